The zero-order valence-electron chi connectivity index (χ0n) is 31.9. The molecule has 6 fully saturated rings. The molecule has 3 heterocycles. The Balaban J connectivity index is 1.20. The molecule has 3 saturated carbocycles. The molecule has 21 atom stereocenters. The van der Waals surface area contributed by atoms with Gasteiger partial charge in [0.05, 0.1) is 25.4 Å². The molecule has 0 aromatic carbocycles. The predicted octanol–water partition coefficient (Wildman–Crippen LogP) is -1.06. The summed E-state index contributed by atoms with van der Waals surface area (Å²) in [5.41, 5.74) is 2.05. The lowest BCUT2D eigenvalue weighted by atomic mass is 9.47. The normalized spacial score (nSPS) is 53.7. The summed E-state index contributed by atoms with van der Waals surface area (Å²) in [5, 5.41) is 95.6. The fourth-order valence-electron chi connectivity index (χ4n) is 11.3. The number of aliphatic hydroxyl groups is 9. The third-order valence-corrected chi connectivity index (χ3v) is 14.5. The Morgan fingerprint density at radius 2 is 1.33 bits per heavy atom. The van der Waals surface area contributed by atoms with Crippen LogP contribution in [-0.2, 0) is 33.2 Å². The molecule has 0 radical (unpaired) electrons. The monoisotopic (exact) mass is 784 g/mol. The summed E-state index contributed by atoms with van der Waals surface area (Å²) in [6.45, 7) is 6.58. The van der Waals surface area contributed by atoms with E-state index in [2.05, 4.69) is 19.9 Å². The minimum Gasteiger partial charge on any atom is -0.394 e. The first-order chi connectivity index (χ1) is 26.1. The lowest BCUT2D eigenvalue weighted by molar-refractivity contribution is -0.393. The van der Waals surface area contributed by atoms with Crippen molar-refractivity contribution in [3.8, 4) is 0 Å². The van der Waals surface area contributed by atoms with Gasteiger partial charge in [-0.15, -0.1) is 0 Å². The van der Waals surface area contributed by atoms with E-state index in [1.807, 2.05) is 13.0 Å². The van der Waals surface area contributed by atoms with Crippen molar-refractivity contribution >= 4 is 5.78 Å². The molecule has 7 rings (SSSR count). The lowest BCUT2D eigenvalue weighted by Gasteiger charge is -2.57. The average molecular weight is 785 g/mol. The van der Waals surface area contributed by atoms with E-state index < -0.39 is 111 Å². The first kappa shape index (κ1) is 41.7. The molecule has 16 nitrogen and oxygen atoms in total. The zero-order chi connectivity index (χ0) is 39.7. The highest BCUT2D eigenvalue weighted by Gasteiger charge is 2.61. The first-order valence-corrected chi connectivity index (χ1v) is 19.9. The fraction of sp³-hybridized carbons (Fsp3) is 0.872. The summed E-state index contributed by atoms with van der Waals surface area (Å²) < 4.78 is 36.8. The number of allylic oxidation sites excluding steroid dienone is 2. The van der Waals surface area contributed by atoms with Gasteiger partial charge in [0.2, 0.25) is 0 Å². The number of hydrogen-bond acceptors (Lipinski definition) is 16. The van der Waals surface area contributed by atoms with Crippen LogP contribution in [0.2, 0.25) is 0 Å². The van der Waals surface area contributed by atoms with E-state index in [1.165, 1.54) is 12.5 Å². The van der Waals surface area contributed by atoms with Crippen molar-refractivity contribution in [2.45, 2.75) is 171 Å². The predicted molar refractivity (Wildman–Crippen MR) is 188 cm³/mol. The van der Waals surface area contributed by atoms with E-state index in [1.54, 1.807) is 0 Å². The van der Waals surface area contributed by atoms with E-state index in [-0.39, 0.29) is 22.5 Å². The molecule has 0 aromatic heterocycles. The average Bonchev–Trinajstić information content (AvgIpc) is 3.45. The number of ether oxygens (including phenoxy) is 6. The molecule has 16 heteroatoms. The van der Waals surface area contributed by atoms with E-state index >= 15 is 0 Å². The van der Waals surface area contributed by atoms with Gasteiger partial charge in [-0.1, -0.05) is 25.5 Å². The van der Waals surface area contributed by atoms with Crippen molar-refractivity contribution < 1.29 is 79.2 Å². The number of fused-ring (bicyclic) bond motifs is 5. The van der Waals surface area contributed by atoms with Gasteiger partial charge in [-0.2, -0.15) is 0 Å². The third-order valence-electron chi connectivity index (χ3n) is 14.5. The highest BCUT2D eigenvalue weighted by atomic mass is 16.8. The van der Waals surface area contributed by atoms with Crippen molar-refractivity contribution in [2.75, 3.05) is 13.2 Å². The Kier molecular flexibility index (Phi) is 12.1. The summed E-state index contributed by atoms with van der Waals surface area (Å²) in [6.07, 6.45) is -14.3. The SMILES string of the molecule is C/C=C1/[C@@H](O[C@@H]2O[C@H](CO)[C@@H](O)[C@H](O[C@@H]3O[C@H](CO)[C@@H](O)[C@H](O)[C@H]3O)[C@H]2O[C@@H]2O[C@@H](C)[C@H](O)[C@@H](O)[C@H]2O)C[C@H]2[C@@H]3CCC4=CC(=O)CC[C@]4(C)[C@H]3CC[C@]12C. The molecule has 4 aliphatic carbocycles. The maximum absolute atomic E-state index is 12.4. The van der Waals surface area contributed by atoms with Gasteiger partial charge < -0.3 is 74.4 Å². The molecule has 0 unspecified atom stereocenters. The largest absolute Gasteiger partial charge is 0.394 e. The fourth-order valence-corrected chi connectivity index (χ4v) is 11.3. The number of carbonyl (C=O) groups is 1. The molecule has 0 spiro atoms. The van der Waals surface area contributed by atoms with Crippen LogP contribution in [-0.4, -0.2) is 163 Å². The van der Waals surface area contributed by atoms with Crippen LogP contribution >= 0.6 is 0 Å². The van der Waals surface area contributed by atoms with Gasteiger partial charge in [-0.05, 0) is 92.6 Å². The summed E-state index contributed by atoms with van der Waals surface area (Å²) in [6, 6.07) is 0. The number of aliphatic hydroxyl groups excluding tert-OH is 9. The van der Waals surface area contributed by atoms with Gasteiger partial charge in [0.15, 0.2) is 24.7 Å². The highest BCUT2D eigenvalue weighted by molar-refractivity contribution is 5.91. The number of carbonyl (C=O) groups excluding carboxylic acids is 1. The van der Waals surface area contributed by atoms with Gasteiger partial charge in [0.25, 0.3) is 0 Å². The maximum Gasteiger partial charge on any atom is 0.187 e. The molecule has 3 aliphatic heterocycles. The molecule has 55 heavy (non-hydrogen) atoms. The Morgan fingerprint density at radius 3 is 2.00 bits per heavy atom. The molecule has 0 bridgehead atoms. The molecule has 3 saturated heterocycles. The zero-order valence-corrected chi connectivity index (χ0v) is 31.9. The van der Waals surface area contributed by atoms with E-state index in [0.29, 0.717) is 24.7 Å². The molecule has 0 aromatic rings. The van der Waals surface area contributed by atoms with Gasteiger partial charge in [0.1, 0.15) is 67.1 Å². The summed E-state index contributed by atoms with van der Waals surface area (Å²) in [5.74, 6) is 1.19. The quantitative estimate of drug-likeness (QED) is 0.133. The molecule has 7 aliphatic rings. The van der Waals surface area contributed by atoms with Crippen LogP contribution in [0.25, 0.3) is 0 Å². The van der Waals surface area contributed by atoms with Crippen LogP contribution in [0, 0.1) is 28.6 Å². The number of ketones is 1. The van der Waals surface area contributed by atoms with Gasteiger partial charge in [-0.3, -0.25) is 4.79 Å². The van der Waals surface area contributed by atoms with Gasteiger partial charge in [-0.25, -0.2) is 0 Å². The van der Waals surface area contributed by atoms with Crippen LogP contribution in [0.4, 0.5) is 0 Å². The second kappa shape index (κ2) is 16.0. The van der Waals surface area contributed by atoms with Crippen LogP contribution in [0.1, 0.15) is 72.6 Å². The Labute approximate surface area is 320 Å². The number of hydrogen-bond donors (Lipinski definition) is 9. The van der Waals surface area contributed by atoms with Crippen LogP contribution < -0.4 is 0 Å². The molecule has 9 N–H and O–H groups in total. The van der Waals surface area contributed by atoms with Crippen LogP contribution in [0.5, 0.6) is 0 Å². The molecular formula is C39H60O16. The Bertz CT molecular complexity index is 1460. The Hall–Kier alpha value is -1.45. The molecule has 0 amide bonds. The number of rotatable bonds is 8. The maximum atomic E-state index is 12.4. The van der Waals surface area contributed by atoms with E-state index in [9.17, 15) is 50.8 Å². The summed E-state index contributed by atoms with van der Waals surface area (Å²) in [7, 11) is 0. The van der Waals surface area contributed by atoms with Crippen molar-refractivity contribution in [2.24, 2.45) is 28.6 Å². The second-order valence-electron chi connectivity index (χ2n) is 17.3. The van der Waals surface area contributed by atoms with Crippen molar-refractivity contribution in [3.63, 3.8) is 0 Å². The minimum atomic E-state index is -1.86. The Morgan fingerprint density at radius 1 is 0.709 bits per heavy atom. The molecular weight excluding hydrogens is 724 g/mol. The smallest absolute Gasteiger partial charge is 0.187 e. The summed E-state index contributed by atoms with van der Waals surface area (Å²) >= 11 is 0. The standard InChI is InChI=1S/C39H60O16/c1-5-20-23(13-22-19-7-6-17-12-18(42)8-10-38(17,3)21(19)9-11-39(20,22)4)51-37-34(55-35-31(48)29(46)26(43)16(2)50-35)33(28(45)25(15-41)53-37)54-36-32(49)30(47)27(44)24(14-40)52-36/h5,12,16,19,21-37,40-41,43-49H,6-11,13-15H2,1-4H3/b20-5-/t16-,19+,21-,22-,23-,24+,25+,26-,27+,28+,29+,30-,31+,32+,33-,34+,35-,36-,37+,38-,39+/m0/s1. The summed E-state index contributed by atoms with van der Waals surface area (Å²) in [4.78, 5) is 12.4. The van der Waals surface area contributed by atoms with Crippen molar-refractivity contribution in [1.82, 2.24) is 0 Å². The topological polar surface area (TPSA) is 255 Å². The van der Waals surface area contributed by atoms with Crippen molar-refractivity contribution in [1.29, 1.82) is 0 Å². The highest BCUT2D eigenvalue weighted by Crippen LogP contribution is 2.67. The third kappa shape index (κ3) is 7.10. The van der Waals surface area contributed by atoms with E-state index in [4.69, 9.17) is 28.4 Å². The lowest BCUT2D eigenvalue weighted by Crippen LogP contribution is -2.67. The van der Waals surface area contributed by atoms with Crippen LogP contribution in [0.3, 0.4) is 0 Å². The second-order valence-corrected chi connectivity index (χ2v) is 17.3. The first-order valence-electron chi connectivity index (χ1n) is 19.9. The van der Waals surface area contributed by atoms with Crippen LogP contribution in [0.15, 0.2) is 23.3 Å². The molecule has 312 valence electrons. The van der Waals surface area contributed by atoms with Crippen molar-refractivity contribution in [3.05, 3.63) is 23.3 Å². The van der Waals surface area contributed by atoms with Gasteiger partial charge in [0, 0.05) is 6.42 Å². The minimum absolute atomic E-state index is 0.0474. The van der Waals surface area contributed by atoms with Gasteiger partial charge >= 0.3 is 0 Å². The van der Waals surface area contributed by atoms with E-state index in [0.717, 1.165) is 37.7 Å².